The molecule has 0 bridgehead atoms. The van der Waals surface area contributed by atoms with Crippen molar-refractivity contribution >= 4 is 5.95 Å². The Kier molecular flexibility index (Phi) is 4.01. The fraction of sp³-hybridized carbons (Fsp3) is 0.857. The lowest BCUT2D eigenvalue weighted by Gasteiger charge is -2.24. The Labute approximate surface area is 114 Å². The van der Waals surface area contributed by atoms with Gasteiger partial charge in [0.05, 0.1) is 0 Å². The molecule has 2 aliphatic rings. The van der Waals surface area contributed by atoms with E-state index in [0.29, 0.717) is 6.04 Å². The molecule has 0 radical (unpaired) electrons. The summed E-state index contributed by atoms with van der Waals surface area (Å²) in [7, 11) is 0. The first-order valence-electron chi connectivity index (χ1n) is 7.67. The molecule has 2 heterocycles. The fourth-order valence-electron chi connectivity index (χ4n) is 2.91. The molecule has 1 unspecified atom stereocenters. The monoisotopic (exact) mass is 264 g/mol. The lowest BCUT2D eigenvalue weighted by Crippen LogP contribution is -2.33. The van der Waals surface area contributed by atoms with Gasteiger partial charge in [0.2, 0.25) is 5.89 Å². The van der Waals surface area contributed by atoms with Gasteiger partial charge in [-0.15, -0.1) is 0 Å². The average molecular weight is 264 g/mol. The molecule has 1 N–H and O–H groups in total. The molecule has 0 spiro atoms. The largest absolute Gasteiger partial charge is 0.338 e. The van der Waals surface area contributed by atoms with Crippen LogP contribution in [0.1, 0.15) is 44.9 Å². The van der Waals surface area contributed by atoms with E-state index in [4.69, 9.17) is 4.52 Å². The molecule has 1 saturated carbocycles. The van der Waals surface area contributed by atoms with Crippen LogP contribution < -0.4 is 10.2 Å². The highest BCUT2D eigenvalue weighted by atomic mass is 16.5. The minimum atomic E-state index is 0.514. The molecule has 5 heteroatoms. The number of piperidine rings is 1. The summed E-state index contributed by atoms with van der Waals surface area (Å²) in [4.78, 5) is 6.82. The van der Waals surface area contributed by atoms with Gasteiger partial charge in [0, 0.05) is 25.6 Å². The van der Waals surface area contributed by atoms with Crippen LogP contribution in [-0.2, 0) is 6.42 Å². The summed E-state index contributed by atoms with van der Waals surface area (Å²) in [6, 6.07) is 0.514. The van der Waals surface area contributed by atoms with Crippen LogP contribution >= 0.6 is 0 Å². The molecule has 1 saturated heterocycles. The Balaban J connectivity index is 1.60. The number of hydrogen-bond acceptors (Lipinski definition) is 5. The molecule has 2 fully saturated rings. The van der Waals surface area contributed by atoms with Crippen molar-refractivity contribution in [2.75, 3.05) is 24.5 Å². The molecule has 5 nitrogen and oxygen atoms in total. The number of anilines is 1. The van der Waals surface area contributed by atoms with Crippen LogP contribution in [0.15, 0.2) is 4.52 Å². The number of nitrogens with zero attached hydrogens (tertiary/aromatic N) is 3. The van der Waals surface area contributed by atoms with Gasteiger partial charge in [-0.2, -0.15) is 4.98 Å². The van der Waals surface area contributed by atoms with Crippen molar-refractivity contribution in [1.29, 1.82) is 0 Å². The van der Waals surface area contributed by atoms with Crippen molar-refractivity contribution in [1.82, 2.24) is 15.5 Å². The predicted molar refractivity (Wildman–Crippen MR) is 74.3 cm³/mol. The van der Waals surface area contributed by atoms with Gasteiger partial charge >= 0.3 is 0 Å². The van der Waals surface area contributed by atoms with E-state index in [1.165, 1.54) is 32.1 Å². The minimum Gasteiger partial charge on any atom is -0.338 e. The number of nitrogens with one attached hydrogen (secondary N) is 1. The average Bonchev–Trinajstić information content (AvgIpc) is 3.19. The van der Waals surface area contributed by atoms with Gasteiger partial charge in [-0.1, -0.05) is 6.92 Å². The van der Waals surface area contributed by atoms with Crippen molar-refractivity contribution in [3.63, 3.8) is 0 Å². The topological polar surface area (TPSA) is 54.2 Å². The third kappa shape index (κ3) is 3.26. The zero-order valence-corrected chi connectivity index (χ0v) is 11.8. The third-order valence-corrected chi connectivity index (χ3v) is 4.15. The smallest absolute Gasteiger partial charge is 0.266 e. The lowest BCUT2D eigenvalue weighted by atomic mass is 10.1. The number of aromatic nitrogens is 2. The Morgan fingerprint density at radius 2 is 2.11 bits per heavy atom. The second-order valence-electron chi connectivity index (χ2n) is 5.74. The number of rotatable bonds is 6. The lowest BCUT2D eigenvalue weighted by molar-refractivity contribution is 0.346. The quantitative estimate of drug-likeness (QED) is 0.851. The zero-order valence-electron chi connectivity index (χ0n) is 11.8. The second-order valence-corrected chi connectivity index (χ2v) is 5.74. The molecular formula is C14H24N4O. The highest BCUT2D eigenvalue weighted by Crippen LogP contribution is 2.34. The van der Waals surface area contributed by atoms with Gasteiger partial charge in [-0.05, 0) is 49.7 Å². The van der Waals surface area contributed by atoms with Gasteiger partial charge in [-0.3, -0.25) is 0 Å². The maximum atomic E-state index is 5.43. The minimum absolute atomic E-state index is 0.514. The van der Waals surface area contributed by atoms with Crippen LogP contribution in [-0.4, -0.2) is 35.8 Å². The van der Waals surface area contributed by atoms with Gasteiger partial charge in [0.1, 0.15) is 0 Å². The van der Waals surface area contributed by atoms with E-state index >= 15 is 0 Å². The SMILES string of the molecule is CCNC(Cc1nc(N2CCCCC2)no1)C1CC1. The van der Waals surface area contributed by atoms with E-state index in [0.717, 1.165) is 43.8 Å². The number of likely N-dealkylation sites (N-methyl/N-ethyl adjacent to an activating group) is 1. The molecular weight excluding hydrogens is 240 g/mol. The fourth-order valence-corrected chi connectivity index (χ4v) is 2.91. The van der Waals surface area contributed by atoms with E-state index in [1.807, 2.05) is 0 Å². The molecule has 0 aromatic carbocycles. The number of hydrogen-bond donors (Lipinski definition) is 1. The molecule has 1 aliphatic heterocycles. The molecule has 19 heavy (non-hydrogen) atoms. The zero-order chi connectivity index (χ0) is 13.1. The summed E-state index contributed by atoms with van der Waals surface area (Å²) in [6.45, 7) is 5.30. The summed E-state index contributed by atoms with van der Waals surface area (Å²) in [5.41, 5.74) is 0. The highest BCUT2D eigenvalue weighted by Gasteiger charge is 2.32. The first-order valence-corrected chi connectivity index (χ1v) is 7.67. The van der Waals surface area contributed by atoms with E-state index in [-0.39, 0.29) is 0 Å². The first kappa shape index (κ1) is 12.9. The first-order chi connectivity index (χ1) is 9.36. The molecule has 1 atom stereocenters. The summed E-state index contributed by atoms with van der Waals surface area (Å²) < 4.78 is 5.43. The van der Waals surface area contributed by atoms with Gasteiger partial charge in [0.25, 0.3) is 5.95 Å². The summed E-state index contributed by atoms with van der Waals surface area (Å²) in [5, 5.41) is 7.69. The molecule has 106 valence electrons. The molecule has 1 aliphatic carbocycles. The maximum Gasteiger partial charge on any atom is 0.266 e. The molecule has 0 amide bonds. The second kappa shape index (κ2) is 5.90. The van der Waals surface area contributed by atoms with Crippen molar-refractivity contribution in [2.24, 2.45) is 5.92 Å². The van der Waals surface area contributed by atoms with Crippen molar-refractivity contribution in [3.8, 4) is 0 Å². The van der Waals surface area contributed by atoms with E-state index in [2.05, 4.69) is 27.3 Å². The summed E-state index contributed by atoms with van der Waals surface area (Å²) >= 11 is 0. The summed E-state index contributed by atoms with van der Waals surface area (Å²) in [5.74, 6) is 2.39. The normalized spacial score (nSPS) is 21.6. The third-order valence-electron chi connectivity index (χ3n) is 4.15. The van der Waals surface area contributed by atoms with E-state index in [1.54, 1.807) is 0 Å². The van der Waals surface area contributed by atoms with Crippen LogP contribution in [0, 0.1) is 5.92 Å². The van der Waals surface area contributed by atoms with Crippen LogP contribution in [0.25, 0.3) is 0 Å². The molecule has 1 aromatic rings. The van der Waals surface area contributed by atoms with Crippen molar-refractivity contribution in [2.45, 2.75) is 51.5 Å². The standard InChI is InChI=1S/C14H24N4O/c1-2-15-12(11-6-7-11)10-13-16-14(17-19-13)18-8-4-3-5-9-18/h11-12,15H,2-10H2,1H3. The van der Waals surface area contributed by atoms with Gasteiger partial charge in [0.15, 0.2) is 0 Å². The van der Waals surface area contributed by atoms with Crippen molar-refractivity contribution < 1.29 is 4.52 Å². The Morgan fingerprint density at radius 3 is 2.79 bits per heavy atom. The Morgan fingerprint density at radius 1 is 1.32 bits per heavy atom. The maximum absolute atomic E-state index is 5.43. The van der Waals surface area contributed by atoms with Crippen LogP contribution in [0.4, 0.5) is 5.95 Å². The Hall–Kier alpha value is -1.10. The Bertz CT molecular complexity index is 396. The predicted octanol–water partition coefficient (Wildman–Crippen LogP) is 1.99. The van der Waals surface area contributed by atoms with E-state index in [9.17, 15) is 0 Å². The van der Waals surface area contributed by atoms with Crippen LogP contribution in [0.2, 0.25) is 0 Å². The molecule has 3 rings (SSSR count). The van der Waals surface area contributed by atoms with Gasteiger partial charge in [-0.25, -0.2) is 0 Å². The van der Waals surface area contributed by atoms with E-state index < -0.39 is 0 Å². The van der Waals surface area contributed by atoms with Crippen LogP contribution in [0.3, 0.4) is 0 Å². The highest BCUT2D eigenvalue weighted by molar-refractivity contribution is 5.28. The molecule has 1 aromatic heterocycles. The summed E-state index contributed by atoms with van der Waals surface area (Å²) in [6.07, 6.45) is 7.36. The van der Waals surface area contributed by atoms with Crippen LogP contribution in [0.5, 0.6) is 0 Å². The van der Waals surface area contributed by atoms with Crippen molar-refractivity contribution in [3.05, 3.63) is 5.89 Å². The van der Waals surface area contributed by atoms with Gasteiger partial charge < -0.3 is 14.7 Å².